The Labute approximate surface area is 88.1 Å². The van der Waals surface area contributed by atoms with Gasteiger partial charge >= 0.3 is 0 Å². The van der Waals surface area contributed by atoms with Crippen LogP contribution in [0.4, 0.5) is 0 Å². The van der Waals surface area contributed by atoms with E-state index in [2.05, 4.69) is 19.2 Å². The summed E-state index contributed by atoms with van der Waals surface area (Å²) < 4.78 is 0. The molecule has 1 aliphatic rings. The molecule has 84 valence electrons. The summed E-state index contributed by atoms with van der Waals surface area (Å²) in [6, 6.07) is 0.767. The zero-order valence-electron chi connectivity index (χ0n) is 9.68. The van der Waals surface area contributed by atoms with Gasteiger partial charge in [0.25, 0.3) is 0 Å². The van der Waals surface area contributed by atoms with Crippen molar-refractivity contribution in [2.45, 2.75) is 58.4 Å². The largest absolute Gasteiger partial charge is 0.396 e. The van der Waals surface area contributed by atoms with Crippen LogP contribution in [0.2, 0.25) is 0 Å². The van der Waals surface area contributed by atoms with Crippen molar-refractivity contribution in [3.63, 3.8) is 0 Å². The summed E-state index contributed by atoms with van der Waals surface area (Å²) in [5, 5.41) is 12.4. The van der Waals surface area contributed by atoms with Crippen LogP contribution >= 0.6 is 0 Å². The summed E-state index contributed by atoms with van der Waals surface area (Å²) in [4.78, 5) is 0. The first-order chi connectivity index (χ1) is 6.64. The smallest absolute Gasteiger partial charge is 0.0431 e. The Morgan fingerprint density at radius 2 is 1.93 bits per heavy atom. The van der Waals surface area contributed by atoms with Crippen molar-refractivity contribution >= 4 is 0 Å². The second kappa shape index (κ2) is 5.72. The minimum atomic E-state index is 0.326. The quantitative estimate of drug-likeness (QED) is 0.688. The van der Waals surface area contributed by atoms with Crippen LogP contribution in [-0.4, -0.2) is 24.3 Å². The van der Waals surface area contributed by atoms with E-state index in [1.54, 1.807) is 0 Å². The molecule has 2 heteroatoms. The number of rotatable bonds is 6. The monoisotopic (exact) mass is 199 g/mol. The molecule has 14 heavy (non-hydrogen) atoms. The summed E-state index contributed by atoms with van der Waals surface area (Å²) in [5.74, 6) is 0. The van der Waals surface area contributed by atoms with Gasteiger partial charge in [-0.1, -0.05) is 26.7 Å². The van der Waals surface area contributed by atoms with Gasteiger partial charge in [-0.2, -0.15) is 0 Å². The third-order valence-electron chi connectivity index (χ3n) is 3.24. The molecule has 2 N–H and O–H groups in total. The van der Waals surface area contributed by atoms with Gasteiger partial charge in [0, 0.05) is 19.2 Å². The molecular formula is C12H25NO. The highest BCUT2D eigenvalue weighted by Gasteiger charge is 2.20. The summed E-state index contributed by atoms with van der Waals surface area (Å²) in [7, 11) is 0. The maximum absolute atomic E-state index is 8.79. The zero-order valence-corrected chi connectivity index (χ0v) is 9.68. The van der Waals surface area contributed by atoms with Gasteiger partial charge in [0.05, 0.1) is 0 Å². The van der Waals surface area contributed by atoms with Crippen LogP contribution in [0, 0.1) is 5.41 Å². The number of aliphatic hydroxyl groups is 1. The fourth-order valence-electron chi connectivity index (χ4n) is 2.20. The van der Waals surface area contributed by atoms with Gasteiger partial charge in [-0.3, -0.25) is 0 Å². The number of nitrogens with one attached hydrogen (secondary N) is 1. The first-order valence-electron chi connectivity index (χ1n) is 5.98. The molecule has 1 rings (SSSR count). The van der Waals surface area contributed by atoms with Crippen LogP contribution < -0.4 is 5.32 Å². The van der Waals surface area contributed by atoms with Gasteiger partial charge in [0.2, 0.25) is 0 Å². The normalized spacial score (nSPS) is 19.1. The predicted octanol–water partition coefficient (Wildman–Crippen LogP) is 2.32. The lowest BCUT2D eigenvalue weighted by Crippen LogP contribution is -2.35. The van der Waals surface area contributed by atoms with Crippen LogP contribution in [0.25, 0.3) is 0 Å². The Bertz CT molecular complexity index is 150. The Balaban J connectivity index is 2.14. The van der Waals surface area contributed by atoms with Gasteiger partial charge < -0.3 is 10.4 Å². The molecule has 0 saturated heterocycles. The van der Waals surface area contributed by atoms with Crippen LogP contribution in [0.15, 0.2) is 0 Å². The highest BCUT2D eigenvalue weighted by Crippen LogP contribution is 2.23. The molecule has 0 atom stereocenters. The number of hydrogen-bond donors (Lipinski definition) is 2. The standard InChI is InChI=1S/C12H25NO/c1-12(2,8-5-9-14)10-13-11-6-3-4-7-11/h11,13-14H,3-10H2,1-2H3. The summed E-state index contributed by atoms with van der Waals surface area (Å²) in [6.45, 7) is 5.99. The number of aliphatic hydroxyl groups excluding tert-OH is 1. The van der Waals surface area contributed by atoms with Crippen molar-refractivity contribution in [1.29, 1.82) is 0 Å². The van der Waals surface area contributed by atoms with Gasteiger partial charge in [0.1, 0.15) is 0 Å². The van der Waals surface area contributed by atoms with E-state index in [1.807, 2.05) is 0 Å². The van der Waals surface area contributed by atoms with Crippen molar-refractivity contribution in [2.75, 3.05) is 13.2 Å². The van der Waals surface area contributed by atoms with Gasteiger partial charge in [-0.05, 0) is 31.1 Å². The van der Waals surface area contributed by atoms with Gasteiger partial charge in [0.15, 0.2) is 0 Å². The molecule has 0 aromatic carbocycles. The molecular weight excluding hydrogens is 174 g/mol. The Hall–Kier alpha value is -0.0800. The highest BCUT2D eigenvalue weighted by atomic mass is 16.2. The molecule has 1 aliphatic carbocycles. The van der Waals surface area contributed by atoms with E-state index < -0.39 is 0 Å². The van der Waals surface area contributed by atoms with Crippen molar-refractivity contribution < 1.29 is 5.11 Å². The van der Waals surface area contributed by atoms with Crippen molar-refractivity contribution in [3.05, 3.63) is 0 Å². The first-order valence-corrected chi connectivity index (χ1v) is 5.98. The minimum Gasteiger partial charge on any atom is -0.396 e. The maximum atomic E-state index is 8.79. The Morgan fingerprint density at radius 3 is 2.50 bits per heavy atom. The molecule has 1 saturated carbocycles. The lowest BCUT2D eigenvalue weighted by molar-refractivity contribution is 0.232. The molecule has 0 bridgehead atoms. The molecule has 1 fully saturated rings. The van der Waals surface area contributed by atoms with E-state index in [9.17, 15) is 0 Å². The molecule has 0 aromatic heterocycles. The Kier molecular flexibility index (Phi) is 4.90. The first kappa shape index (κ1) is 12.0. The molecule has 2 nitrogen and oxygen atoms in total. The van der Waals surface area contributed by atoms with Crippen LogP contribution in [0.3, 0.4) is 0 Å². The summed E-state index contributed by atoms with van der Waals surface area (Å²) >= 11 is 0. The molecule has 0 heterocycles. The van der Waals surface area contributed by atoms with Crippen molar-refractivity contribution in [3.8, 4) is 0 Å². The molecule has 0 amide bonds. The van der Waals surface area contributed by atoms with Crippen LogP contribution in [-0.2, 0) is 0 Å². The lowest BCUT2D eigenvalue weighted by Gasteiger charge is -2.26. The Morgan fingerprint density at radius 1 is 1.29 bits per heavy atom. The number of hydrogen-bond acceptors (Lipinski definition) is 2. The van der Waals surface area contributed by atoms with E-state index in [0.717, 1.165) is 25.4 Å². The van der Waals surface area contributed by atoms with Crippen molar-refractivity contribution in [1.82, 2.24) is 5.32 Å². The minimum absolute atomic E-state index is 0.326. The van der Waals surface area contributed by atoms with E-state index in [0.29, 0.717) is 12.0 Å². The van der Waals surface area contributed by atoms with E-state index in [4.69, 9.17) is 5.11 Å². The third kappa shape index (κ3) is 4.43. The average Bonchev–Trinajstić information content (AvgIpc) is 2.64. The highest BCUT2D eigenvalue weighted by molar-refractivity contribution is 4.78. The van der Waals surface area contributed by atoms with Crippen LogP contribution in [0.1, 0.15) is 52.4 Å². The molecule has 0 unspecified atom stereocenters. The van der Waals surface area contributed by atoms with E-state index in [1.165, 1.54) is 25.7 Å². The average molecular weight is 199 g/mol. The van der Waals surface area contributed by atoms with E-state index >= 15 is 0 Å². The maximum Gasteiger partial charge on any atom is 0.0431 e. The third-order valence-corrected chi connectivity index (χ3v) is 3.24. The van der Waals surface area contributed by atoms with Gasteiger partial charge in [-0.15, -0.1) is 0 Å². The SMILES string of the molecule is CC(C)(CCCO)CNC1CCCC1. The fourth-order valence-corrected chi connectivity index (χ4v) is 2.20. The van der Waals surface area contributed by atoms with E-state index in [-0.39, 0.29) is 0 Å². The summed E-state index contributed by atoms with van der Waals surface area (Å²) in [5.41, 5.74) is 0.339. The molecule has 0 spiro atoms. The lowest BCUT2D eigenvalue weighted by atomic mass is 9.87. The second-order valence-electron chi connectivity index (χ2n) is 5.35. The molecule has 0 radical (unpaired) electrons. The van der Waals surface area contributed by atoms with Crippen molar-refractivity contribution in [2.24, 2.45) is 5.41 Å². The zero-order chi connectivity index (χ0) is 10.4. The fraction of sp³-hybridized carbons (Fsp3) is 1.00. The summed E-state index contributed by atoms with van der Waals surface area (Å²) in [6.07, 6.45) is 7.55. The second-order valence-corrected chi connectivity index (χ2v) is 5.35. The van der Waals surface area contributed by atoms with Gasteiger partial charge in [-0.25, -0.2) is 0 Å². The predicted molar refractivity (Wildman–Crippen MR) is 60.4 cm³/mol. The van der Waals surface area contributed by atoms with Crippen LogP contribution in [0.5, 0.6) is 0 Å². The molecule has 0 aromatic rings. The topological polar surface area (TPSA) is 32.3 Å². The molecule has 0 aliphatic heterocycles.